The van der Waals surface area contributed by atoms with Crippen LogP contribution in [0.15, 0.2) is 41.1 Å². The second-order valence-electron chi connectivity index (χ2n) is 5.06. The number of hydrogen-bond acceptors (Lipinski definition) is 3. The SMILES string of the molecule is CCN(Cc1conc1C)C[C@H](C)c1ccccc1. The molecule has 0 fully saturated rings. The van der Waals surface area contributed by atoms with Gasteiger partial charge in [0.15, 0.2) is 0 Å². The molecule has 0 spiro atoms. The predicted molar refractivity (Wildman–Crippen MR) is 77.0 cm³/mol. The van der Waals surface area contributed by atoms with Crippen molar-refractivity contribution in [3.63, 3.8) is 0 Å². The summed E-state index contributed by atoms with van der Waals surface area (Å²) in [4.78, 5) is 2.43. The number of likely N-dealkylation sites (N-methyl/N-ethyl adjacent to an activating group) is 1. The molecular weight excluding hydrogens is 236 g/mol. The van der Waals surface area contributed by atoms with Crippen molar-refractivity contribution >= 4 is 0 Å². The summed E-state index contributed by atoms with van der Waals surface area (Å²) in [6.45, 7) is 9.45. The van der Waals surface area contributed by atoms with Crippen molar-refractivity contribution < 1.29 is 4.52 Å². The van der Waals surface area contributed by atoms with Crippen LogP contribution in [0.1, 0.15) is 36.6 Å². The molecule has 0 saturated carbocycles. The minimum atomic E-state index is 0.529. The molecule has 0 radical (unpaired) electrons. The summed E-state index contributed by atoms with van der Waals surface area (Å²) in [6, 6.07) is 10.7. The zero-order valence-electron chi connectivity index (χ0n) is 12.0. The van der Waals surface area contributed by atoms with Gasteiger partial charge in [0.25, 0.3) is 0 Å². The predicted octanol–water partition coefficient (Wildman–Crippen LogP) is 3.61. The zero-order valence-corrected chi connectivity index (χ0v) is 12.0. The number of benzene rings is 1. The van der Waals surface area contributed by atoms with E-state index in [1.807, 2.05) is 6.92 Å². The third-order valence-corrected chi connectivity index (χ3v) is 3.59. The molecule has 2 rings (SSSR count). The Morgan fingerprint density at radius 2 is 2.00 bits per heavy atom. The fourth-order valence-corrected chi connectivity index (χ4v) is 2.29. The lowest BCUT2D eigenvalue weighted by atomic mass is 10.0. The highest BCUT2D eigenvalue weighted by atomic mass is 16.5. The van der Waals surface area contributed by atoms with E-state index >= 15 is 0 Å². The van der Waals surface area contributed by atoms with Gasteiger partial charge in [-0.25, -0.2) is 0 Å². The normalized spacial score (nSPS) is 12.8. The highest BCUT2D eigenvalue weighted by Crippen LogP contribution is 2.18. The highest BCUT2D eigenvalue weighted by Gasteiger charge is 2.13. The largest absolute Gasteiger partial charge is 0.364 e. The lowest BCUT2D eigenvalue weighted by Gasteiger charge is -2.24. The average Bonchev–Trinajstić information content (AvgIpc) is 2.84. The van der Waals surface area contributed by atoms with E-state index in [0.29, 0.717) is 5.92 Å². The minimum absolute atomic E-state index is 0.529. The van der Waals surface area contributed by atoms with Crippen LogP contribution in [0.3, 0.4) is 0 Å². The Hall–Kier alpha value is -1.61. The van der Waals surface area contributed by atoms with Crippen molar-refractivity contribution in [2.75, 3.05) is 13.1 Å². The molecule has 102 valence electrons. The Balaban J connectivity index is 1.98. The highest BCUT2D eigenvalue weighted by molar-refractivity contribution is 5.19. The standard InChI is InChI=1S/C16H22N2O/c1-4-18(11-16-12-19-17-14(16)3)10-13(2)15-8-6-5-7-9-15/h5-9,12-13H,4,10-11H2,1-3H3/t13-/m0/s1. The molecular formula is C16H22N2O. The number of rotatable bonds is 6. The lowest BCUT2D eigenvalue weighted by molar-refractivity contribution is 0.264. The van der Waals surface area contributed by atoms with Gasteiger partial charge in [0.05, 0.1) is 5.69 Å². The van der Waals surface area contributed by atoms with Gasteiger partial charge in [-0.05, 0) is 24.9 Å². The first-order chi connectivity index (χ1) is 9.20. The summed E-state index contributed by atoms with van der Waals surface area (Å²) in [7, 11) is 0. The fraction of sp³-hybridized carbons (Fsp3) is 0.438. The number of nitrogens with zero attached hydrogens (tertiary/aromatic N) is 2. The lowest BCUT2D eigenvalue weighted by Crippen LogP contribution is -2.27. The molecule has 19 heavy (non-hydrogen) atoms. The summed E-state index contributed by atoms with van der Waals surface area (Å²) in [5.41, 5.74) is 3.57. The number of hydrogen-bond donors (Lipinski definition) is 0. The van der Waals surface area contributed by atoms with Gasteiger partial charge >= 0.3 is 0 Å². The molecule has 2 aromatic rings. The van der Waals surface area contributed by atoms with Crippen molar-refractivity contribution in [1.82, 2.24) is 10.1 Å². The Morgan fingerprint density at radius 1 is 1.26 bits per heavy atom. The second kappa shape index (κ2) is 6.53. The van der Waals surface area contributed by atoms with Crippen LogP contribution in [0.5, 0.6) is 0 Å². The minimum Gasteiger partial charge on any atom is -0.364 e. The molecule has 1 aromatic carbocycles. The first kappa shape index (κ1) is 13.8. The third kappa shape index (κ3) is 3.67. The van der Waals surface area contributed by atoms with Crippen LogP contribution in [0, 0.1) is 6.92 Å². The van der Waals surface area contributed by atoms with E-state index in [2.05, 4.69) is 54.2 Å². The van der Waals surface area contributed by atoms with Gasteiger partial charge in [-0.15, -0.1) is 0 Å². The Labute approximate surface area is 115 Å². The Kier molecular flexibility index (Phi) is 4.74. The van der Waals surface area contributed by atoms with Crippen molar-refractivity contribution in [3.05, 3.63) is 53.4 Å². The first-order valence-corrected chi connectivity index (χ1v) is 6.87. The third-order valence-electron chi connectivity index (χ3n) is 3.59. The molecule has 0 saturated heterocycles. The van der Waals surface area contributed by atoms with Crippen LogP contribution in [0.25, 0.3) is 0 Å². The van der Waals surface area contributed by atoms with E-state index in [1.165, 1.54) is 11.1 Å². The summed E-state index contributed by atoms with van der Waals surface area (Å²) in [6.07, 6.45) is 1.76. The second-order valence-corrected chi connectivity index (χ2v) is 5.06. The van der Waals surface area contributed by atoms with Gasteiger partial charge in [0.2, 0.25) is 0 Å². The molecule has 1 heterocycles. The van der Waals surface area contributed by atoms with Crippen molar-refractivity contribution in [3.8, 4) is 0 Å². The molecule has 0 N–H and O–H groups in total. The van der Waals surface area contributed by atoms with Crippen molar-refractivity contribution in [2.45, 2.75) is 33.2 Å². The van der Waals surface area contributed by atoms with E-state index < -0.39 is 0 Å². The van der Waals surface area contributed by atoms with Gasteiger partial charge in [0, 0.05) is 18.7 Å². The van der Waals surface area contributed by atoms with Gasteiger partial charge in [-0.1, -0.05) is 49.3 Å². The number of aromatic nitrogens is 1. The topological polar surface area (TPSA) is 29.3 Å². The summed E-state index contributed by atoms with van der Waals surface area (Å²) < 4.78 is 5.00. The van der Waals surface area contributed by atoms with Crippen LogP contribution in [0.2, 0.25) is 0 Å². The van der Waals surface area contributed by atoms with Crippen LogP contribution in [-0.2, 0) is 6.54 Å². The maximum Gasteiger partial charge on any atom is 0.128 e. The molecule has 0 aliphatic carbocycles. The monoisotopic (exact) mass is 258 g/mol. The Morgan fingerprint density at radius 3 is 2.58 bits per heavy atom. The smallest absolute Gasteiger partial charge is 0.128 e. The maximum absolute atomic E-state index is 5.00. The van der Waals surface area contributed by atoms with E-state index in [1.54, 1.807) is 6.26 Å². The molecule has 3 nitrogen and oxygen atoms in total. The van der Waals surface area contributed by atoms with E-state index in [9.17, 15) is 0 Å². The average molecular weight is 258 g/mol. The van der Waals surface area contributed by atoms with Gasteiger partial charge in [-0.3, -0.25) is 4.90 Å². The summed E-state index contributed by atoms with van der Waals surface area (Å²) >= 11 is 0. The van der Waals surface area contributed by atoms with Crippen LogP contribution >= 0.6 is 0 Å². The van der Waals surface area contributed by atoms with Crippen molar-refractivity contribution in [1.29, 1.82) is 0 Å². The van der Waals surface area contributed by atoms with E-state index in [4.69, 9.17) is 4.52 Å². The molecule has 3 heteroatoms. The summed E-state index contributed by atoms with van der Waals surface area (Å²) in [5.74, 6) is 0.529. The molecule has 0 aliphatic heterocycles. The molecule has 1 aromatic heterocycles. The van der Waals surface area contributed by atoms with Gasteiger partial charge < -0.3 is 4.52 Å². The maximum atomic E-state index is 5.00. The van der Waals surface area contributed by atoms with Crippen LogP contribution in [-0.4, -0.2) is 23.1 Å². The first-order valence-electron chi connectivity index (χ1n) is 6.87. The quantitative estimate of drug-likeness (QED) is 0.792. The fourth-order valence-electron chi connectivity index (χ4n) is 2.29. The molecule has 0 aliphatic rings. The van der Waals surface area contributed by atoms with E-state index in [-0.39, 0.29) is 0 Å². The molecule has 0 bridgehead atoms. The van der Waals surface area contributed by atoms with Gasteiger partial charge in [-0.2, -0.15) is 0 Å². The molecule has 0 amide bonds. The molecule has 1 atom stereocenters. The summed E-state index contributed by atoms with van der Waals surface area (Å²) in [5, 5.41) is 3.94. The van der Waals surface area contributed by atoms with Crippen molar-refractivity contribution in [2.24, 2.45) is 0 Å². The Bertz CT molecular complexity index is 492. The van der Waals surface area contributed by atoms with Crippen LogP contribution < -0.4 is 0 Å². The van der Waals surface area contributed by atoms with E-state index in [0.717, 1.165) is 25.3 Å². The zero-order chi connectivity index (χ0) is 13.7. The van der Waals surface area contributed by atoms with Gasteiger partial charge in [0.1, 0.15) is 6.26 Å². The number of aryl methyl sites for hydroxylation is 1. The molecule has 0 unspecified atom stereocenters. The van der Waals surface area contributed by atoms with Crippen LogP contribution in [0.4, 0.5) is 0 Å².